The molecule has 0 aromatic heterocycles. The van der Waals surface area contributed by atoms with Gasteiger partial charge in [-0.1, -0.05) is 0 Å². The van der Waals surface area contributed by atoms with Crippen LogP contribution in [0.1, 0.15) is 6.42 Å². The van der Waals surface area contributed by atoms with Crippen LogP contribution < -0.4 is 5.32 Å². The molecule has 2 atom stereocenters. The molecule has 2 unspecified atom stereocenters. The fourth-order valence-electron chi connectivity index (χ4n) is 1.90. The number of fused-ring (bicyclic) bond motifs is 2. The normalized spacial score (nSPS) is 34.5. The van der Waals surface area contributed by atoms with Crippen molar-refractivity contribution in [1.82, 2.24) is 10.2 Å². The van der Waals surface area contributed by atoms with Gasteiger partial charge in [-0.3, -0.25) is 0 Å². The maximum Gasteiger partial charge on any atom is 0.409 e. The standard InChI is InChI=1S/C7H12N2O2/c1-11-7(10)9-4-5-2-6(9)3-8-5/h5-6,8H,2-4H2,1H3. The zero-order valence-electron chi connectivity index (χ0n) is 6.54. The van der Waals surface area contributed by atoms with Gasteiger partial charge in [-0.15, -0.1) is 0 Å². The Bertz CT molecular complexity index is 183. The van der Waals surface area contributed by atoms with Crippen LogP contribution in [0.4, 0.5) is 4.79 Å². The second kappa shape index (κ2) is 2.37. The van der Waals surface area contributed by atoms with Gasteiger partial charge in [0.25, 0.3) is 0 Å². The van der Waals surface area contributed by atoms with Crippen molar-refractivity contribution in [3.05, 3.63) is 0 Å². The Hall–Kier alpha value is -0.770. The molecule has 4 heteroatoms. The molecule has 0 aliphatic carbocycles. The molecule has 4 nitrogen and oxygen atoms in total. The van der Waals surface area contributed by atoms with Crippen molar-refractivity contribution in [1.29, 1.82) is 0 Å². The van der Waals surface area contributed by atoms with Crippen molar-refractivity contribution in [3.63, 3.8) is 0 Å². The van der Waals surface area contributed by atoms with E-state index in [9.17, 15) is 4.79 Å². The Balaban J connectivity index is 2.02. The number of ether oxygens (including phenoxy) is 1. The Kier molecular flexibility index (Phi) is 1.49. The number of amides is 1. The first kappa shape index (κ1) is 6.91. The first-order valence-corrected chi connectivity index (χ1v) is 3.89. The highest BCUT2D eigenvalue weighted by Crippen LogP contribution is 2.23. The van der Waals surface area contributed by atoms with E-state index in [2.05, 4.69) is 10.1 Å². The van der Waals surface area contributed by atoms with Crippen molar-refractivity contribution in [2.75, 3.05) is 20.2 Å². The molecule has 0 aromatic carbocycles. The van der Waals surface area contributed by atoms with Crippen LogP contribution in [0.15, 0.2) is 0 Å². The molecule has 2 aliphatic heterocycles. The Labute approximate surface area is 65.5 Å². The fraction of sp³-hybridized carbons (Fsp3) is 0.857. The summed E-state index contributed by atoms with van der Waals surface area (Å²) >= 11 is 0. The zero-order chi connectivity index (χ0) is 7.84. The van der Waals surface area contributed by atoms with Crippen molar-refractivity contribution in [2.24, 2.45) is 0 Å². The summed E-state index contributed by atoms with van der Waals surface area (Å²) in [7, 11) is 1.43. The largest absolute Gasteiger partial charge is 0.453 e. The maximum atomic E-state index is 11.1. The molecular formula is C7H12N2O2. The van der Waals surface area contributed by atoms with Gasteiger partial charge in [0.2, 0.25) is 0 Å². The smallest absolute Gasteiger partial charge is 0.409 e. The predicted octanol–water partition coefficient (Wildman–Crippen LogP) is -0.201. The van der Waals surface area contributed by atoms with Gasteiger partial charge in [0, 0.05) is 25.2 Å². The van der Waals surface area contributed by atoms with Crippen LogP contribution in [0.25, 0.3) is 0 Å². The minimum Gasteiger partial charge on any atom is -0.453 e. The lowest BCUT2D eigenvalue weighted by molar-refractivity contribution is 0.113. The number of likely N-dealkylation sites (tertiary alicyclic amines) is 1. The molecule has 0 spiro atoms. The summed E-state index contributed by atoms with van der Waals surface area (Å²) in [5.74, 6) is 0. The van der Waals surface area contributed by atoms with Gasteiger partial charge in [0.1, 0.15) is 0 Å². The molecule has 0 aromatic rings. The number of carbonyl (C=O) groups is 1. The Morgan fingerprint density at radius 2 is 2.55 bits per heavy atom. The van der Waals surface area contributed by atoms with Crippen LogP contribution in [0.5, 0.6) is 0 Å². The molecule has 2 aliphatic rings. The Morgan fingerprint density at radius 3 is 3.00 bits per heavy atom. The minimum absolute atomic E-state index is 0.181. The average Bonchev–Trinajstić information content (AvgIpc) is 2.62. The van der Waals surface area contributed by atoms with Crippen LogP contribution in [-0.2, 0) is 4.74 Å². The number of hydrogen-bond donors (Lipinski definition) is 1. The summed E-state index contributed by atoms with van der Waals surface area (Å²) in [4.78, 5) is 12.9. The van der Waals surface area contributed by atoms with Crippen molar-refractivity contribution in [2.45, 2.75) is 18.5 Å². The summed E-state index contributed by atoms with van der Waals surface area (Å²) in [6.45, 7) is 1.75. The SMILES string of the molecule is COC(=O)N1CC2CC1CN2. The molecule has 11 heavy (non-hydrogen) atoms. The molecule has 62 valence electrons. The van der Waals surface area contributed by atoms with Gasteiger partial charge in [-0.25, -0.2) is 4.79 Å². The predicted molar refractivity (Wildman–Crippen MR) is 39.3 cm³/mol. The van der Waals surface area contributed by atoms with E-state index in [1.165, 1.54) is 7.11 Å². The summed E-state index contributed by atoms with van der Waals surface area (Å²) in [5, 5.41) is 3.32. The number of methoxy groups -OCH3 is 1. The van der Waals surface area contributed by atoms with E-state index in [4.69, 9.17) is 0 Å². The molecule has 2 bridgehead atoms. The number of nitrogens with one attached hydrogen (secondary N) is 1. The summed E-state index contributed by atoms with van der Waals surface area (Å²) in [6.07, 6.45) is 0.911. The first-order chi connectivity index (χ1) is 5.31. The van der Waals surface area contributed by atoms with Gasteiger partial charge in [0.15, 0.2) is 0 Å². The van der Waals surface area contributed by atoms with Gasteiger partial charge in [-0.2, -0.15) is 0 Å². The van der Waals surface area contributed by atoms with E-state index in [1.54, 1.807) is 4.90 Å². The van der Waals surface area contributed by atoms with Gasteiger partial charge < -0.3 is 15.0 Å². The Morgan fingerprint density at radius 1 is 1.73 bits per heavy atom. The minimum atomic E-state index is -0.181. The molecule has 2 fully saturated rings. The molecule has 2 rings (SSSR count). The lowest BCUT2D eigenvalue weighted by Crippen LogP contribution is -2.46. The fourth-order valence-corrected chi connectivity index (χ4v) is 1.90. The highest BCUT2D eigenvalue weighted by Gasteiger charge is 2.40. The molecular weight excluding hydrogens is 144 g/mol. The average molecular weight is 156 g/mol. The van der Waals surface area contributed by atoms with Crippen molar-refractivity contribution in [3.8, 4) is 0 Å². The van der Waals surface area contributed by atoms with E-state index < -0.39 is 0 Å². The quantitative estimate of drug-likeness (QED) is 0.528. The van der Waals surface area contributed by atoms with Gasteiger partial charge >= 0.3 is 6.09 Å². The molecule has 1 amide bonds. The number of rotatable bonds is 0. The van der Waals surface area contributed by atoms with Crippen LogP contribution in [0.2, 0.25) is 0 Å². The van der Waals surface area contributed by atoms with Crippen LogP contribution in [-0.4, -0.2) is 43.3 Å². The number of piperazine rings is 1. The van der Waals surface area contributed by atoms with Crippen molar-refractivity contribution < 1.29 is 9.53 Å². The summed E-state index contributed by atoms with van der Waals surface area (Å²) in [5.41, 5.74) is 0. The van der Waals surface area contributed by atoms with E-state index in [0.29, 0.717) is 12.1 Å². The maximum absolute atomic E-state index is 11.1. The molecule has 0 saturated carbocycles. The third-order valence-electron chi connectivity index (χ3n) is 2.47. The molecule has 1 N–H and O–H groups in total. The number of nitrogens with zero attached hydrogens (tertiary/aromatic N) is 1. The van der Waals surface area contributed by atoms with E-state index in [0.717, 1.165) is 19.5 Å². The lowest BCUT2D eigenvalue weighted by Gasteiger charge is -2.25. The van der Waals surface area contributed by atoms with E-state index >= 15 is 0 Å². The van der Waals surface area contributed by atoms with Crippen LogP contribution in [0.3, 0.4) is 0 Å². The van der Waals surface area contributed by atoms with Crippen LogP contribution in [0, 0.1) is 0 Å². The summed E-state index contributed by atoms with van der Waals surface area (Å²) in [6, 6.07) is 0.895. The lowest BCUT2D eigenvalue weighted by atomic mass is 10.2. The second-order valence-electron chi connectivity index (χ2n) is 3.12. The van der Waals surface area contributed by atoms with Gasteiger partial charge in [-0.05, 0) is 6.42 Å². The third-order valence-corrected chi connectivity index (χ3v) is 2.47. The first-order valence-electron chi connectivity index (χ1n) is 3.89. The monoisotopic (exact) mass is 156 g/mol. The van der Waals surface area contributed by atoms with E-state index in [1.807, 2.05) is 0 Å². The highest BCUT2D eigenvalue weighted by molar-refractivity contribution is 5.68. The number of hydrogen-bond acceptors (Lipinski definition) is 3. The second-order valence-corrected chi connectivity index (χ2v) is 3.12. The topological polar surface area (TPSA) is 41.6 Å². The summed E-state index contributed by atoms with van der Waals surface area (Å²) < 4.78 is 4.65. The molecule has 2 heterocycles. The van der Waals surface area contributed by atoms with Crippen molar-refractivity contribution >= 4 is 6.09 Å². The van der Waals surface area contributed by atoms with Gasteiger partial charge in [0.05, 0.1) is 7.11 Å². The van der Waals surface area contributed by atoms with E-state index in [-0.39, 0.29) is 6.09 Å². The zero-order valence-corrected chi connectivity index (χ0v) is 6.54. The van der Waals surface area contributed by atoms with Crippen LogP contribution >= 0.6 is 0 Å². The molecule has 0 radical (unpaired) electrons. The third kappa shape index (κ3) is 0.976. The highest BCUT2D eigenvalue weighted by atomic mass is 16.5. The molecule has 2 saturated heterocycles. The number of carbonyl (C=O) groups excluding carboxylic acids is 1.